The number of carbonyl (C=O) groups is 1. The van der Waals surface area contributed by atoms with Crippen LogP contribution in [0.1, 0.15) is 33.3 Å². The topological polar surface area (TPSA) is 113 Å². The average molecular weight is 413 g/mol. The third-order valence-corrected chi connectivity index (χ3v) is 6.74. The van der Waals surface area contributed by atoms with Crippen LogP contribution in [0.25, 0.3) is 0 Å². The molecule has 1 aromatic rings. The molecule has 1 N–H and O–H groups in total. The van der Waals surface area contributed by atoms with Crippen LogP contribution >= 0.6 is 0 Å². The van der Waals surface area contributed by atoms with Crippen LogP contribution < -0.4 is 5.32 Å². The molecule has 1 unspecified atom stereocenters. The van der Waals surface area contributed by atoms with E-state index < -0.39 is 14.9 Å². The number of nitrogens with one attached hydrogen (secondary N) is 1. The minimum absolute atomic E-state index is 0.0475. The number of aryl methyl sites for hydroxylation is 1. The van der Waals surface area contributed by atoms with Crippen molar-refractivity contribution in [2.24, 2.45) is 0 Å². The molecule has 2 rings (SSSR count). The van der Waals surface area contributed by atoms with Crippen LogP contribution in [0.4, 0.5) is 5.69 Å². The summed E-state index contributed by atoms with van der Waals surface area (Å²) < 4.78 is 27.3. The number of piperazine rings is 1. The molecule has 1 fully saturated rings. The van der Waals surface area contributed by atoms with Gasteiger partial charge in [0.25, 0.3) is 5.69 Å². The van der Waals surface area contributed by atoms with Crippen LogP contribution in [-0.4, -0.2) is 66.2 Å². The van der Waals surface area contributed by atoms with Crippen LogP contribution in [-0.2, 0) is 14.8 Å². The Morgan fingerprint density at radius 2 is 1.79 bits per heavy atom. The molecule has 156 valence electrons. The van der Waals surface area contributed by atoms with Gasteiger partial charge in [-0.2, -0.15) is 4.31 Å². The van der Waals surface area contributed by atoms with Crippen LogP contribution in [0, 0.1) is 17.0 Å². The highest BCUT2D eigenvalue weighted by Crippen LogP contribution is 2.25. The SMILES string of the molecule is Cc1ccc([N+](=O)[O-])cc1S(=O)(=O)N1CCN(C(C)C(=O)NC(C)(C)C)CC1. The van der Waals surface area contributed by atoms with E-state index in [9.17, 15) is 23.3 Å². The number of benzene rings is 1. The van der Waals surface area contributed by atoms with Crippen molar-refractivity contribution < 1.29 is 18.1 Å². The monoisotopic (exact) mass is 412 g/mol. The second kappa shape index (κ2) is 8.14. The minimum atomic E-state index is -3.85. The molecule has 10 heteroatoms. The van der Waals surface area contributed by atoms with Crippen molar-refractivity contribution in [3.05, 3.63) is 33.9 Å². The molecule has 0 saturated carbocycles. The average Bonchev–Trinajstić information content (AvgIpc) is 2.59. The smallest absolute Gasteiger partial charge is 0.270 e. The first kappa shape index (κ1) is 22.3. The number of nitrogens with zero attached hydrogens (tertiary/aromatic N) is 3. The summed E-state index contributed by atoms with van der Waals surface area (Å²) in [5.41, 5.74) is -0.128. The predicted octanol–water partition coefficient (Wildman–Crippen LogP) is 1.51. The normalized spacial score (nSPS) is 17.9. The molecule has 0 bridgehead atoms. The fraction of sp³-hybridized carbons (Fsp3) is 0.611. The first-order chi connectivity index (χ1) is 12.8. The van der Waals surface area contributed by atoms with Gasteiger partial charge in [-0.15, -0.1) is 0 Å². The number of hydrogen-bond donors (Lipinski definition) is 1. The zero-order valence-corrected chi connectivity index (χ0v) is 17.7. The Balaban J connectivity index is 2.11. The van der Waals surface area contributed by atoms with Crippen LogP contribution in [0.2, 0.25) is 0 Å². The minimum Gasteiger partial charge on any atom is -0.350 e. The number of rotatable bonds is 5. The zero-order valence-electron chi connectivity index (χ0n) is 16.9. The molecule has 0 aliphatic carbocycles. The van der Waals surface area contributed by atoms with Gasteiger partial charge in [-0.3, -0.25) is 19.8 Å². The molecule has 1 heterocycles. The Morgan fingerprint density at radius 1 is 1.21 bits per heavy atom. The van der Waals surface area contributed by atoms with Gasteiger partial charge >= 0.3 is 0 Å². The molecule has 1 atom stereocenters. The first-order valence-corrected chi connectivity index (χ1v) is 10.6. The van der Waals surface area contributed by atoms with E-state index in [1.54, 1.807) is 13.8 Å². The van der Waals surface area contributed by atoms with Gasteiger partial charge in [0.1, 0.15) is 0 Å². The molecule has 28 heavy (non-hydrogen) atoms. The second-order valence-electron chi connectivity index (χ2n) is 8.06. The van der Waals surface area contributed by atoms with E-state index in [1.807, 2.05) is 25.7 Å². The molecule has 0 aromatic heterocycles. The lowest BCUT2D eigenvalue weighted by Gasteiger charge is -2.37. The Labute approximate surface area is 165 Å². The fourth-order valence-corrected chi connectivity index (χ4v) is 4.76. The predicted molar refractivity (Wildman–Crippen MR) is 106 cm³/mol. The van der Waals surface area contributed by atoms with Crippen LogP contribution in [0.15, 0.2) is 23.1 Å². The molecule has 1 aliphatic heterocycles. The maximum absolute atomic E-state index is 13.0. The highest BCUT2D eigenvalue weighted by atomic mass is 32.2. The van der Waals surface area contributed by atoms with Crippen molar-refractivity contribution >= 4 is 21.6 Å². The molecule has 1 amide bonds. The van der Waals surface area contributed by atoms with E-state index in [-0.39, 0.29) is 41.2 Å². The van der Waals surface area contributed by atoms with E-state index in [0.29, 0.717) is 18.7 Å². The molecule has 9 nitrogen and oxygen atoms in total. The zero-order chi connectivity index (χ0) is 21.3. The number of carbonyl (C=O) groups excluding carboxylic acids is 1. The van der Waals surface area contributed by atoms with Crippen LogP contribution in [0.5, 0.6) is 0 Å². The van der Waals surface area contributed by atoms with E-state index in [2.05, 4.69) is 5.32 Å². The lowest BCUT2D eigenvalue weighted by atomic mass is 10.1. The summed E-state index contributed by atoms with van der Waals surface area (Å²) >= 11 is 0. The van der Waals surface area contributed by atoms with E-state index >= 15 is 0 Å². The summed E-state index contributed by atoms with van der Waals surface area (Å²) in [6, 6.07) is 3.47. The van der Waals surface area contributed by atoms with Crippen molar-refractivity contribution in [1.82, 2.24) is 14.5 Å². The summed E-state index contributed by atoms with van der Waals surface area (Å²) in [7, 11) is -3.85. The number of nitro benzene ring substituents is 1. The fourth-order valence-electron chi connectivity index (χ4n) is 3.09. The highest BCUT2D eigenvalue weighted by Gasteiger charge is 2.33. The number of non-ortho nitro benzene ring substituents is 1. The summed E-state index contributed by atoms with van der Waals surface area (Å²) in [6.45, 7) is 10.4. The van der Waals surface area contributed by atoms with Gasteiger partial charge in [-0.25, -0.2) is 8.42 Å². The Kier molecular flexibility index (Phi) is 6.47. The van der Waals surface area contributed by atoms with E-state index in [4.69, 9.17) is 0 Å². The van der Waals surface area contributed by atoms with Gasteiger partial charge in [0.05, 0.1) is 15.9 Å². The number of amides is 1. The van der Waals surface area contributed by atoms with Gasteiger partial charge in [0.15, 0.2) is 0 Å². The van der Waals surface area contributed by atoms with E-state index in [0.717, 1.165) is 6.07 Å². The largest absolute Gasteiger partial charge is 0.350 e. The standard InChI is InChI=1S/C18H28N4O5S/c1-13-6-7-15(22(24)25)12-16(13)28(26,27)21-10-8-20(9-11-21)14(2)17(23)19-18(3,4)5/h6-7,12,14H,8-11H2,1-5H3,(H,19,23). The van der Waals surface area contributed by atoms with Crippen molar-refractivity contribution in [3.8, 4) is 0 Å². The third-order valence-electron chi connectivity index (χ3n) is 4.70. The van der Waals surface area contributed by atoms with Crippen molar-refractivity contribution in [3.63, 3.8) is 0 Å². The maximum atomic E-state index is 13.0. The molecule has 0 radical (unpaired) electrons. The molecule has 1 aliphatic rings. The van der Waals surface area contributed by atoms with Crippen LogP contribution in [0.3, 0.4) is 0 Å². The van der Waals surface area contributed by atoms with Gasteiger partial charge < -0.3 is 5.32 Å². The first-order valence-electron chi connectivity index (χ1n) is 9.14. The quantitative estimate of drug-likeness (QED) is 0.579. The van der Waals surface area contributed by atoms with E-state index in [1.165, 1.54) is 16.4 Å². The third kappa shape index (κ3) is 5.06. The van der Waals surface area contributed by atoms with Gasteiger partial charge in [-0.1, -0.05) is 6.07 Å². The lowest BCUT2D eigenvalue weighted by molar-refractivity contribution is -0.385. The summed E-state index contributed by atoms with van der Waals surface area (Å²) in [5.74, 6) is -0.0988. The Morgan fingerprint density at radius 3 is 2.29 bits per heavy atom. The highest BCUT2D eigenvalue weighted by molar-refractivity contribution is 7.89. The molecular formula is C18H28N4O5S. The molecular weight excluding hydrogens is 384 g/mol. The van der Waals surface area contributed by atoms with Gasteiger partial charge in [-0.05, 0) is 40.2 Å². The molecule has 1 aromatic carbocycles. The summed E-state index contributed by atoms with van der Waals surface area (Å²) in [6.07, 6.45) is 0. The number of nitro groups is 1. The summed E-state index contributed by atoms with van der Waals surface area (Å²) in [4.78, 5) is 24.6. The molecule has 1 saturated heterocycles. The second-order valence-corrected chi connectivity index (χ2v) is 9.97. The Hall–Kier alpha value is -2.04. The van der Waals surface area contributed by atoms with Gasteiger partial charge in [0.2, 0.25) is 15.9 Å². The number of hydrogen-bond acceptors (Lipinski definition) is 6. The van der Waals surface area contributed by atoms with Crippen molar-refractivity contribution in [1.29, 1.82) is 0 Å². The summed E-state index contributed by atoms with van der Waals surface area (Å²) in [5, 5.41) is 13.9. The van der Waals surface area contributed by atoms with Crippen molar-refractivity contribution in [2.75, 3.05) is 26.2 Å². The van der Waals surface area contributed by atoms with Gasteiger partial charge in [0, 0.05) is 43.9 Å². The Bertz CT molecular complexity index is 855. The maximum Gasteiger partial charge on any atom is 0.270 e. The molecule has 0 spiro atoms. The number of sulfonamides is 1. The van der Waals surface area contributed by atoms with Crippen molar-refractivity contribution in [2.45, 2.75) is 51.1 Å². The lowest BCUT2D eigenvalue weighted by Crippen LogP contribution is -2.56.